The fraction of sp³-hybridized carbons (Fsp3) is 0.304. The molecular formula is C23H24FN3O3S. The smallest absolute Gasteiger partial charge is 0.254 e. The zero-order chi connectivity index (χ0) is 22.2. The van der Waals surface area contributed by atoms with Crippen LogP contribution in [0.5, 0.6) is 0 Å². The minimum Gasteiger partial charge on any atom is -0.339 e. The van der Waals surface area contributed by atoms with Crippen LogP contribution in [-0.2, 0) is 10.0 Å². The molecule has 31 heavy (non-hydrogen) atoms. The first kappa shape index (κ1) is 21.4. The fourth-order valence-corrected chi connectivity index (χ4v) is 4.75. The summed E-state index contributed by atoms with van der Waals surface area (Å²) < 4.78 is 38.4. The number of amides is 1. The third kappa shape index (κ3) is 4.45. The molecule has 1 saturated heterocycles. The molecule has 6 nitrogen and oxygen atoms in total. The Morgan fingerprint density at radius 2 is 1.74 bits per heavy atom. The van der Waals surface area contributed by atoms with Crippen LogP contribution >= 0.6 is 0 Å². The van der Waals surface area contributed by atoms with Gasteiger partial charge in [0.2, 0.25) is 10.0 Å². The van der Waals surface area contributed by atoms with Crippen LogP contribution in [0.25, 0.3) is 22.2 Å². The molecule has 0 atom stereocenters. The Morgan fingerprint density at radius 1 is 1.10 bits per heavy atom. The lowest BCUT2D eigenvalue weighted by atomic mass is 10.0. The molecule has 162 valence electrons. The molecule has 0 radical (unpaired) electrons. The van der Waals surface area contributed by atoms with Gasteiger partial charge in [0, 0.05) is 37.1 Å². The first-order chi connectivity index (χ1) is 14.7. The summed E-state index contributed by atoms with van der Waals surface area (Å²) in [6, 6.07) is 15.1. The van der Waals surface area contributed by atoms with Gasteiger partial charge >= 0.3 is 0 Å². The van der Waals surface area contributed by atoms with Crippen LogP contribution in [0.2, 0.25) is 0 Å². The number of likely N-dealkylation sites (tertiary alicyclic amines) is 1. The topological polar surface area (TPSA) is 70.6 Å². The van der Waals surface area contributed by atoms with Gasteiger partial charge in [-0.1, -0.05) is 18.2 Å². The van der Waals surface area contributed by atoms with E-state index in [2.05, 4.69) is 4.98 Å². The molecule has 1 aliphatic heterocycles. The van der Waals surface area contributed by atoms with E-state index in [1.54, 1.807) is 30.1 Å². The third-order valence-corrected chi connectivity index (χ3v) is 7.22. The molecule has 0 aliphatic carbocycles. The zero-order valence-electron chi connectivity index (χ0n) is 17.5. The standard InChI is InChI=1S/C23H24FN3O3S/c1-26(31(2,29)30)18-11-13-27(14-12-18)23(28)20-15-22(16-7-9-17(24)10-8-16)25-21-6-4-3-5-19(20)21/h3-10,15,18H,11-14H2,1-2H3. The van der Waals surface area contributed by atoms with Crippen LogP contribution in [0.15, 0.2) is 54.6 Å². The third-order valence-electron chi connectivity index (χ3n) is 5.88. The largest absolute Gasteiger partial charge is 0.339 e. The van der Waals surface area contributed by atoms with E-state index >= 15 is 0 Å². The molecule has 8 heteroatoms. The minimum absolute atomic E-state index is 0.108. The number of hydrogen-bond donors (Lipinski definition) is 0. The molecule has 1 fully saturated rings. The van der Waals surface area contributed by atoms with Crippen LogP contribution in [0.1, 0.15) is 23.2 Å². The van der Waals surface area contributed by atoms with E-state index in [9.17, 15) is 17.6 Å². The van der Waals surface area contributed by atoms with Gasteiger partial charge in [0.1, 0.15) is 5.82 Å². The molecular weight excluding hydrogens is 417 g/mol. The molecule has 2 aromatic carbocycles. The lowest BCUT2D eigenvalue weighted by Gasteiger charge is -2.35. The summed E-state index contributed by atoms with van der Waals surface area (Å²) in [6.07, 6.45) is 2.37. The van der Waals surface area contributed by atoms with Gasteiger partial charge in [-0.2, -0.15) is 0 Å². The SMILES string of the molecule is CN(C1CCN(C(=O)c2cc(-c3ccc(F)cc3)nc3ccccc23)CC1)S(C)(=O)=O. The maximum atomic E-state index is 13.4. The number of fused-ring (bicyclic) bond motifs is 1. The monoisotopic (exact) mass is 441 g/mol. The average molecular weight is 442 g/mol. The van der Waals surface area contributed by atoms with Crippen LogP contribution in [0, 0.1) is 5.82 Å². The number of halogens is 1. The summed E-state index contributed by atoms with van der Waals surface area (Å²) in [5.41, 5.74) is 2.57. The van der Waals surface area contributed by atoms with E-state index in [0.717, 1.165) is 10.9 Å². The highest BCUT2D eigenvalue weighted by molar-refractivity contribution is 7.88. The van der Waals surface area contributed by atoms with E-state index in [0.29, 0.717) is 42.7 Å². The molecule has 0 N–H and O–H groups in total. The van der Waals surface area contributed by atoms with E-state index in [-0.39, 0.29) is 17.8 Å². The number of aromatic nitrogens is 1. The van der Waals surface area contributed by atoms with Crippen molar-refractivity contribution in [3.05, 3.63) is 66.0 Å². The molecule has 1 aromatic heterocycles. The number of nitrogens with zero attached hydrogens (tertiary/aromatic N) is 3. The van der Waals surface area contributed by atoms with Crippen LogP contribution in [0.4, 0.5) is 4.39 Å². The Hall–Kier alpha value is -2.84. The highest BCUT2D eigenvalue weighted by atomic mass is 32.2. The van der Waals surface area contributed by atoms with Crippen LogP contribution < -0.4 is 0 Å². The van der Waals surface area contributed by atoms with Gasteiger partial charge in [0.25, 0.3) is 5.91 Å². The molecule has 1 amide bonds. The lowest BCUT2D eigenvalue weighted by Crippen LogP contribution is -2.47. The van der Waals surface area contributed by atoms with E-state index < -0.39 is 10.0 Å². The van der Waals surface area contributed by atoms with E-state index in [4.69, 9.17) is 0 Å². The minimum atomic E-state index is -3.27. The predicted molar refractivity (Wildman–Crippen MR) is 119 cm³/mol. The number of carbonyl (C=O) groups is 1. The summed E-state index contributed by atoms with van der Waals surface area (Å²) in [4.78, 5) is 19.9. The summed E-state index contributed by atoms with van der Waals surface area (Å²) in [6.45, 7) is 0.956. The van der Waals surface area contributed by atoms with Gasteiger partial charge < -0.3 is 4.90 Å². The van der Waals surface area contributed by atoms with Crippen molar-refractivity contribution in [2.75, 3.05) is 26.4 Å². The Kier molecular flexibility index (Phi) is 5.77. The molecule has 0 spiro atoms. The molecule has 0 bridgehead atoms. The van der Waals surface area contributed by atoms with Crippen molar-refractivity contribution in [2.45, 2.75) is 18.9 Å². The fourth-order valence-electron chi connectivity index (χ4n) is 3.99. The highest BCUT2D eigenvalue weighted by Crippen LogP contribution is 2.27. The van der Waals surface area contributed by atoms with Gasteiger partial charge in [-0.25, -0.2) is 22.1 Å². The molecule has 0 unspecified atom stereocenters. The second kappa shape index (κ2) is 8.36. The maximum Gasteiger partial charge on any atom is 0.254 e. The second-order valence-corrected chi connectivity index (χ2v) is 9.92. The van der Waals surface area contributed by atoms with Crippen molar-refractivity contribution in [3.8, 4) is 11.3 Å². The highest BCUT2D eigenvalue weighted by Gasteiger charge is 2.30. The summed E-state index contributed by atoms with van der Waals surface area (Å²) >= 11 is 0. The van der Waals surface area contributed by atoms with Crippen molar-refractivity contribution in [3.63, 3.8) is 0 Å². The Morgan fingerprint density at radius 3 is 2.39 bits per heavy atom. The number of sulfonamides is 1. The zero-order valence-corrected chi connectivity index (χ0v) is 18.3. The number of hydrogen-bond acceptors (Lipinski definition) is 4. The van der Waals surface area contributed by atoms with E-state index in [1.165, 1.54) is 22.7 Å². The number of rotatable bonds is 4. The molecule has 2 heterocycles. The van der Waals surface area contributed by atoms with Gasteiger partial charge in [0.05, 0.1) is 23.0 Å². The second-order valence-electron chi connectivity index (χ2n) is 7.88. The number of benzene rings is 2. The van der Waals surface area contributed by atoms with Crippen molar-refractivity contribution < 1.29 is 17.6 Å². The number of para-hydroxylation sites is 1. The summed E-state index contributed by atoms with van der Waals surface area (Å²) in [7, 11) is -1.68. The Bertz CT molecular complexity index is 1220. The van der Waals surface area contributed by atoms with Gasteiger partial charge in [-0.15, -0.1) is 0 Å². The molecule has 0 saturated carbocycles. The lowest BCUT2D eigenvalue weighted by molar-refractivity contribution is 0.0688. The quantitative estimate of drug-likeness (QED) is 0.621. The summed E-state index contributed by atoms with van der Waals surface area (Å²) in [5, 5.41) is 0.758. The molecule has 4 rings (SSSR count). The van der Waals surface area contributed by atoms with Gasteiger partial charge in [-0.05, 0) is 49.2 Å². The average Bonchev–Trinajstić information content (AvgIpc) is 2.77. The maximum absolute atomic E-state index is 13.4. The van der Waals surface area contributed by atoms with Gasteiger partial charge in [0.15, 0.2) is 0 Å². The van der Waals surface area contributed by atoms with Gasteiger partial charge in [-0.3, -0.25) is 4.79 Å². The van der Waals surface area contributed by atoms with Crippen molar-refractivity contribution in [1.29, 1.82) is 0 Å². The first-order valence-electron chi connectivity index (χ1n) is 10.1. The first-order valence-corrected chi connectivity index (χ1v) is 12.0. The van der Waals surface area contributed by atoms with E-state index in [1.807, 2.05) is 24.3 Å². The van der Waals surface area contributed by atoms with Crippen LogP contribution in [-0.4, -0.2) is 60.9 Å². The normalized spacial score (nSPS) is 15.5. The molecule has 1 aliphatic rings. The Balaban J connectivity index is 1.64. The van der Waals surface area contributed by atoms with Crippen LogP contribution in [0.3, 0.4) is 0 Å². The number of carbonyl (C=O) groups excluding carboxylic acids is 1. The van der Waals surface area contributed by atoms with Crippen molar-refractivity contribution >= 4 is 26.8 Å². The number of pyridine rings is 1. The number of piperidine rings is 1. The van der Waals surface area contributed by atoms with Crippen molar-refractivity contribution in [2.24, 2.45) is 0 Å². The van der Waals surface area contributed by atoms with Crippen molar-refractivity contribution in [1.82, 2.24) is 14.2 Å². The summed E-state index contributed by atoms with van der Waals surface area (Å²) in [5.74, 6) is -0.440. The predicted octanol–water partition coefficient (Wildman–Crippen LogP) is 3.54. The Labute approximate surface area is 181 Å². The molecule has 3 aromatic rings.